The van der Waals surface area contributed by atoms with Crippen LogP contribution in [0.2, 0.25) is 0 Å². The molecule has 0 saturated heterocycles. The maximum absolute atomic E-state index is 12.1. The zero-order valence-corrected chi connectivity index (χ0v) is 17.3. The highest BCUT2D eigenvalue weighted by Crippen LogP contribution is 2.08. The van der Waals surface area contributed by atoms with Crippen LogP contribution in [0, 0.1) is 0 Å². The molecule has 3 amide bonds. The van der Waals surface area contributed by atoms with Gasteiger partial charge >= 0.3 is 12.1 Å². The van der Waals surface area contributed by atoms with Crippen molar-refractivity contribution in [2.45, 2.75) is 52.7 Å². The zero-order valence-electron chi connectivity index (χ0n) is 17.3. The summed E-state index contributed by atoms with van der Waals surface area (Å²) in [6, 6.07) is 2.68. The molecule has 0 atom stereocenters. The van der Waals surface area contributed by atoms with Gasteiger partial charge in [-0.15, -0.1) is 4.99 Å². The van der Waals surface area contributed by atoms with Crippen LogP contribution in [0.5, 0.6) is 0 Å². The monoisotopic (exact) mass is 409 g/mol. The summed E-state index contributed by atoms with van der Waals surface area (Å²) < 4.78 is 10.0. The Morgan fingerprint density at radius 3 is 2.00 bits per heavy atom. The molecule has 0 spiro atoms. The molecule has 11 heteroatoms. The molecule has 0 unspecified atom stereocenters. The topological polar surface area (TPSA) is 165 Å². The number of amides is 3. The molecule has 0 fully saturated rings. The molecule has 11 nitrogen and oxygen atoms in total. The molecule has 29 heavy (non-hydrogen) atoms. The van der Waals surface area contributed by atoms with Gasteiger partial charge in [0, 0.05) is 0 Å². The first-order valence-electron chi connectivity index (χ1n) is 8.74. The van der Waals surface area contributed by atoms with E-state index < -0.39 is 41.0 Å². The van der Waals surface area contributed by atoms with Gasteiger partial charge in [0.05, 0.1) is 0 Å². The van der Waals surface area contributed by atoms with Crippen LogP contribution in [0.1, 0.15) is 62.5 Å². The summed E-state index contributed by atoms with van der Waals surface area (Å²) in [6.45, 7) is 9.77. The molecule has 5 N–H and O–H groups in total. The minimum Gasteiger partial charge on any atom is -0.459 e. The number of aromatic nitrogens is 1. The number of nitrogens with two attached hydrogens (primary N) is 1. The summed E-state index contributed by atoms with van der Waals surface area (Å²) in [5.41, 5.74) is 4.12. The standard InChI is InChI=1S/C18H27N5O6/c1-17(2,3)28-12(24)9-20-13(25)10-7-8-11(21-10)14(26)22-15(19)23-16(27)29-18(4,5)6/h7-8,21H,9H2,1-6H3,(H,20,25)(H3,19,22,23,26,27). The maximum Gasteiger partial charge on any atom is 0.437 e. The van der Waals surface area contributed by atoms with Crippen molar-refractivity contribution in [2.75, 3.05) is 6.54 Å². The number of aliphatic imine (C=N–C) groups is 1. The van der Waals surface area contributed by atoms with Crippen LogP contribution in [-0.4, -0.2) is 52.6 Å². The number of guanidine groups is 1. The second-order valence-electron chi connectivity index (χ2n) is 7.99. The molecule has 1 aromatic heterocycles. The van der Waals surface area contributed by atoms with E-state index in [0.29, 0.717) is 0 Å². The van der Waals surface area contributed by atoms with Crippen molar-refractivity contribution in [3.05, 3.63) is 23.5 Å². The van der Waals surface area contributed by atoms with Gasteiger partial charge in [-0.3, -0.25) is 19.7 Å². The first kappa shape index (κ1) is 23.7. The number of carbonyl (C=O) groups excluding carboxylic acids is 4. The first-order valence-corrected chi connectivity index (χ1v) is 8.74. The third kappa shape index (κ3) is 9.40. The summed E-state index contributed by atoms with van der Waals surface area (Å²) in [7, 11) is 0. The fraction of sp³-hybridized carbons (Fsp3) is 0.500. The predicted molar refractivity (Wildman–Crippen MR) is 104 cm³/mol. The summed E-state index contributed by atoms with van der Waals surface area (Å²) in [5.74, 6) is -2.39. The van der Waals surface area contributed by atoms with Gasteiger partial charge < -0.3 is 25.5 Å². The van der Waals surface area contributed by atoms with E-state index in [2.05, 4.69) is 20.6 Å². The molecule has 0 bridgehead atoms. The van der Waals surface area contributed by atoms with Crippen molar-refractivity contribution in [2.24, 2.45) is 10.7 Å². The highest BCUT2D eigenvalue weighted by atomic mass is 16.6. The van der Waals surface area contributed by atoms with Gasteiger partial charge in [0.2, 0.25) is 5.96 Å². The van der Waals surface area contributed by atoms with E-state index in [-0.39, 0.29) is 17.9 Å². The Hall–Kier alpha value is -3.37. The largest absolute Gasteiger partial charge is 0.459 e. The Balaban J connectivity index is 2.63. The fourth-order valence-corrected chi connectivity index (χ4v) is 1.88. The van der Waals surface area contributed by atoms with E-state index >= 15 is 0 Å². The molecule has 160 valence electrons. The Labute approximate surface area is 168 Å². The number of esters is 1. The molecule has 0 radical (unpaired) electrons. The lowest BCUT2D eigenvalue weighted by molar-refractivity contribution is -0.153. The third-order valence-electron chi connectivity index (χ3n) is 2.84. The van der Waals surface area contributed by atoms with Gasteiger partial charge in [0.15, 0.2) is 0 Å². The number of hydrogen-bond donors (Lipinski definition) is 4. The van der Waals surface area contributed by atoms with Gasteiger partial charge in [0.1, 0.15) is 29.1 Å². The second kappa shape index (κ2) is 9.22. The normalized spacial score (nSPS) is 12.1. The molecule has 1 heterocycles. The molecule has 0 aromatic carbocycles. The van der Waals surface area contributed by atoms with E-state index in [0.717, 1.165) is 0 Å². The summed E-state index contributed by atoms with van der Waals surface area (Å²) in [6.07, 6.45) is -0.955. The molecule has 0 aliphatic carbocycles. The molecule has 1 rings (SSSR count). The maximum atomic E-state index is 12.1. The van der Waals surface area contributed by atoms with Crippen molar-refractivity contribution in [3.8, 4) is 0 Å². The summed E-state index contributed by atoms with van der Waals surface area (Å²) in [5, 5.41) is 4.57. The van der Waals surface area contributed by atoms with Crippen molar-refractivity contribution in [3.63, 3.8) is 0 Å². The minimum absolute atomic E-state index is 0.00485. The third-order valence-corrected chi connectivity index (χ3v) is 2.84. The molecule has 0 saturated carbocycles. The van der Waals surface area contributed by atoms with E-state index in [9.17, 15) is 19.2 Å². The van der Waals surface area contributed by atoms with Crippen LogP contribution in [0.25, 0.3) is 0 Å². The molecule has 0 aliphatic rings. The van der Waals surface area contributed by atoms with Crippen LogP contribution in [0.15, 0.2) is 17.1 Å². The lowest BCUT2D eigenvalue weighted by atomic mass is 10.2. The number of ether oxygens (including phenoxy) is 2. The lowest BCUT2D eigenvalue weighted by Crippen LogP contribution is -2.38. The number of H-pyrrole nitrogens is 1. The Morgan fingerprint density at radius 2 is 1.48 bits per heavy atom. The molecular formula is C18H27N5O6. The average molecular weight is 409 g/mol. The zero-order chi connectivity index (χ0) is 22.4. The minimum atomic E-state index is -0.955. The Kier molecular flexibility index (Phi) is 7.52. The lowest BCUT2D eigenvalue weighted by Gasteiger charge is -2.19. The van der Waals surface area contributed by atoms with Gasteiger partial charge in [-0.2, -0.15) is 0 Å². The van der Waals surface area contributed by atoms with E-state index in [1.54, 1.807) is 41.5 Å². The number of carbonyl (C=O) groups is 4. The SMILES string of the molecule is CC(C)(C)OC(=O)CNC(=O)c1ccc(C(=O)N/C(N)=N/C(=O)OC(C)(C)C)[nH]1. The van der Waals surface area contributed by atoms with Crippen LogP contribution in [0.4, 0.5) is 4.79 Å². The summed E-state index contributed by atoms with van der Waals surface area (Å²) in [4.78, 5) is 53.3. The molecule has 0 aliphatic heterocycles. The van der Waals surface area contributed by atoms with Gasteiger partial charge in [-0.25, -0.2) is 4.79 Å². The second-order valence-corrected chi connectivity index (χ2v) is 7.99. The number of nitrogens with one attached hydrogen (secondary N) is 3. The predicted octanol–water partition coefficient (Wildman–Crippen LogP) is 1.07. The smallest absolute Gasteiger partial charge is 0.437 e. The quantitative estimate of drug-likeness (QED) is 0.328. The van der Waals surface area contributed by atoms with Crippen LogP contribution < -0.4 is 16.4 Å². The van der Waals surface area contributed by atoms with E-state index in [4.69, 9.17) is 15.2 Å². The van der Waals surface area contributed by atoms with Crippen molar-refractivity contribution >= 4 is 29.8 Å². The number of rotatable bonds is 4. The fourth-order valence-electron chi connectivity index (χ4n) is 1.88. The molecular weight excluding hydrogens is 382 g/mol. The summed E-state index contributed by atoms with van der Waals surface area (Å²) >= 11 is 0. The highest BCUT2D eigenvalue weighted by Gasteiger charge is 2.19. The number of aromatic amines is 1. The van der Waals surface area contributed by atoms with Crippen molar-refractivity contribution < 1.29 is 28.7 Å². The van der Waals surface area contributed by atoms with Crippen LogP contribution in [-0.2, 0) is 14.3 Å². The van der Waals surface area contributed by atoms with Gasteiger partial charge in [-0.05, 0) is 53.7 Å². The van der Waals surface area contributed by atoms with E-state index in [1.807, 2.05) is 0 Å². The first-order chi connectivity index (χ1) is 13.2. The van der Waals surface area contributed by atoms with Crippen molar-refractivity contribution in [1.29, 1.82) is 0 Å². The van der Waals surface area contributed by atoms with Crippen LogP contribution >= 0.6 is 0 Å². The van der Waals surface area contributed by atoms with Gasteiger partial charge in [0.25, 0.3) is 11.8 Å². The number of nitrogens with zero attached hydrogens (tertiary/aromatic N) is 1. The Bertz CT molecular complexity index is 813. The van der Waals surface area contributed by atoms with Gasteiger partial charge in [-0.1, -0.05) is 0 Å². The number of hydrogen-bond acceptors (Lipinski definition) is 6. The molecule has 1 aromatic rings. The highest BCUT2D eigenvalue weighted by molar-refractivity contribution is 6.07. The van der Waals surface area contributed by atoms with Crippen LogP contribution in [0.3, 0.4) is 0 Å². The Morgan fingerprint density at radius 1 is 0.966 bits per heavy atom. The average Bonchev–Trinajstić information content (AvgIpc) is 2.98. The van der Waals surface area contributed by atoms with Crippen molar-refractivity contribution in [1.82, 2.24) is 15.6 Å². The van der Waals surface area contributed by atoms with E-state index in [1.165, 1.54) is 12.1 Å².